The number of rotatable bonds is 7. The zero-order chi connectivity index (χ0) is 22.3. The van der Waals surface area contributed by atoms with Crippen molar-refractivity contribution in [3.63, 3.8) is 0 Å². The zero-order valence-corrected chi connectivity index (χ0v) is 16.6. The van der Waals surface area contributed by atoms with E-state index < -0.39 is 35.2 Å². The van der Waals surface area contributed by atoms with Crippen LogP contribution in [0, 0.1) is 0 Å². The van der Waals surface area contributed by atoms with Gasteiger partial charge in [-0.2, -0.15) is 13.2 Å². The highest BCUT2D eigenvalue weighted by Crippen LogP contribution is 2.36. The van der Waals surface area contributed by atoms with Gasteiger partial charge in [-0.1, -0.05) is 11.6 Å². The molecule has 0 radical (unpaired) electrons. The standard InChI is InChI=1S/C20H17ClF3NO5/c1-28-14-5-7-17(29-2)12(9-14)3-8-19(27)30-11-18(26)25-13-4-6-16(21)15(10-13)20(22,23)24/h3-10H,11H2,1-2H3,(H,25,26)/b8-3+. The van der Waals surface area contributed by atoms with E-state index in [1.165, 1.54) is 26.4 Å². The van der Waals surface area contributed by atoms with Crippen molar-refractivity contribution in [2.24, 2.45) is 0 Å². The van der Waals surface area contributed by atoms with Gasteiger partial charge in [-0.15, -0.1) is 0 Å². The molecule has 0 unspecified atom stereocenters. The lowest BCUT2D eigenvalue weighted by Crippen LogP contribution is -2.20. The van der Waals surface area contributed by atoms with Crippen LogP contribution in [0.4, 0.5) is 18.9 Å². The van der Waals surface area contributed by atoms with Crippen LogP contribution in [-0.4, -0.2) is 32.7 Å². The number of methoxy groups -OCH3 is 2. The van der Waals surface area contributed by atoms with Gasteiger partial charge in [0, 0.05) is 17.3 Å². The average molecular weight is 444 g/mol. The molecule has 0 saturated carbocycles. The van der Waals surface area contributed by atoms with Gasteiger partial charge in [-0.25, -0.2) is 4.79 Å². The third-order valence-electron chi connectivity index (χ3n) is 3.74. The molecule has 0 aromatic heterocycles. The van der Waals surface area contributed by atoms with Gasteiger partial charge in [0.25, 0.3) is 5.91 Å². The van der Waals surface area contributed by atoms with Gasteiger partial charge in [0.05, 0.1) is 24.8 Å². The van der Waals surface area contributed by atoms with Gasteiger partial charge in [0.15, 0.2) is 6.61 Å². The highest BCUT2D eigenvalue weighted by Gasteiger charge is 2.33. The van der Waals surface area contributed by atoms with Gasteiger partial charge >= 0.3 is 12.1 Å². The van der Waals surface area contributed by atoms with E-state index in [1.807, 2.05) is 0 Å². The summed E-state index contributed by atoms with van der Waals surface area (Å²) in [4.78, 5) is 23.7. The molecular weight excluding hydrogens is 427 g/mol. The molecule has 2 aromatic carbocycles. The van der Waals surface area contributed by atoms with E-state index in [-0.39, 0.29) is 5.69 Å². The Morgan fingerprint density at radius 3 is 2.47 bits per heavy atom. The van der Waals surface area contributed by atoms with Crippen LogP contribution in [0.3, 0.4) is 0 Å². The Morgan fingerprint density at radius 1 is 1.10 bits per heavy atom. The minimum absolute atomic E-state index is 0.135. The molecule has 0 spiro atoms. The molecule has 0 aliphatic heterocycles. The van der Waals surface area contributed by atoms with Crippen molar-refractivity contribution in [1.29, 1.82) is 0 Å². The fourth-order valence-electron chi connectivity index (χ4n) is 2.33. The van der Waals surface area contributed by atoms with Crippen molar-refractivity contribution >= 4 is 35.2 Å². The third kappa shape index (κ3) is 6.41. The van der Waals surface area contributed by atoms with Crippen LogP contribution in [0.5, 0.6) is 11.5 Å². The van der Waals surface area contributed by atoms with Crippen molar-refractivity contribution in [2.45, 2.75) is 6.18 Å². The van der Waals surface area contributed by atoms with Crippen molar-refractivity contribution in [1.82, 2.24) is 0 Å². The number of benzene rings is 2. The molecule has 1 amide bonds. The molecule has 0 bridgehead atoms. The van der Waals surface area contributed by atoms with Gasteiger partial charge < -0.3 is 19.5 Å². The number of halogens is 4. The molecule has 30 heavy (non-hydrogen) atoms. The molecule has 0 fully saturated rings. The monoisotopic (exact) mass is 443 g/mol. The fourth-order valence-corrected chi connectivity index (χ4v) is 2.55. The minimum atomic E-state index is -4.67. The van der Waals surface area contributed by atoms with Crippen molar-refractivity contribution in [2.75, 3.05) is 26.1 Å². The number of hydrogen-bond acceptors (Lipinski definition) is 5. The number of anilines is 1. The molecule has 10 heteroatoms. The van der Waals surface area contributed by atoms with E-state index in [2.05, 4.69) is 5.32 Å². The van der Waals surface area contributed by atoms with E-state index >= 15 is 0 Å². The summed E-state index contributed by atoms with van der Waals surface area (Å²) in [5.41, 5.74) is -0.683. The first-order chi connectivity index (χ1) is 14.1. The van der Waals surface area contributed by atoms with Gasteiger partial charge in [0.2, 0.25) is 0 Å². The molecule has 2 aromatic rings. The molecule has 0 aliphatic carbocycles. The second-order valence-corrected chi connectivity index (χ2v) is 6.20. The van der Waals surface area contributed by atoms with Crippen LogP contribution in [-0.2, 0) is 20.5 Å². The first-order valence-electron chi connectivity index (χ1n) is 8.37. The van der Waals surface area contributed by atoms with E-state index in [1.54, 1.807) is 18.2 Å². The Hall–Kier alpha value is -3.20. The lowest BCUT2D eigenvalue weighted by molar-refractivity contribution is -0.142. The highest BCUT2D eigenvalue weighted by molar-refractivity contribution is 6.31. The van der Waals surface area contributed by atoms with Crippen LogP contribution in [0.15, 0.2) is 42.5 Å². The summed E-state index contributed by atoms with van der Waals surface area (Å²) in [7, 11) is 2.95. The van der Waals surface area contributed by atoms with E-state index in [9.17, 15) is 22.8 Å². The first-order valence-corrected chi connectivity index (χ1v) is 8.75. The summed E-state index contributed by atoms with van der Waals surface area (Å²) < 4.78 is 53.6. The summed E-state index contributed by atoms with van der Waals surface area (Å²) in [6, 6.07) is 7.87. The first kappa shape index (κ1) is 23.1. The fraction of sp³-hybridized carbons (Fsp3) is 0.200. The molecule has 0 heterocycles. The van der Waals surface area contributed by atoms with Gasteiger partial charge in [-0.3, -0.25) is 4.79 Å². The number of carbonyl (C=O) groups excluding carboxylic acids is 2. The summed E-state index contributed by atoms with van der Waals surface area (Å²) in [6.07, 6.45) is -2.18. The van der Waals surface area contributed by atoms with Crippen LogP contribution < -0.4 is 14.8 Å². The maximum Gasteiger partial charge on any atom is 0.417 e. The number of esters is 1. The Labute approximate surface area is 175 Å². The minimum Gasteiger partial charge on any atom is -0.497 e. The normalized spacial score (nSPS) is 11.3. The molecule has 2 rings (SSSR count). The summed E-state index contributed by atoms with van der Waals surface area (Å²) in [5, 5.41) is 1.71. The molecule has 6 nitrogen and oxygen atoms in total. The van der Waals surface area contributed by atoms with Crippen molar-refractivity contribution in [3.8, 4) is 11.5 Å². The predicted octanol–water partition coefficient (Wildman–Crippen LogP) is 4.57. The van der Waals surface area contributed by atoms with E-state index in [0.29, 0.717) is 23.1 Å². The summed E-state index contributed by atoms with van der Waals surface area (Å²) >= 11 is 5.52. The third-order valence-corrected chi connectivity index (χ3v) is 4.07. The van der Waals surface area contributed by atoms with Gasteiger partial charge in [0.1, 0.15) is 11.5 Å². The number of hydrogen-bond donors (Lipinski definition) is 1. The number of amides is 1. The van der Waals surface area contributed by atoms with Crippen molar-refractivity contribution < 1.29 is 37.0 Å². The summed E-state index contributed by atoms with van der Waals surface area (Å²) in [6.45, 7) is -0.692. The molecule has 160 valence electrons. The maximum absolute atomic E-state index is 12.9. The average Bonchev–Trinajstić information content (AvgIpc) is 2.71. The SMILES string of the molecule is COc1ccc(OC)c(/C=C/C(=O)OCC(=O)Nc2ccc(Cl)c(C(F)(F)F)c2)c1. The quantitative estimate of drug-likeness (QED) is 0.501. The number of alkyl halides is 3. The predicted molar refractivity (Wildman–Crippen MR) is 105 cm³/mol. The molecule has 0 aliphatic rings. The van der Waals surface area contributed by atoms with E-state index in [0.717, 1.165) is 12.1 Å². The van der Waals surface area contributed by atoms with Gasteiger partial charge in [-0.05, 0) is 42.5 Å². The van der Waals surface area contributed by atoms with E-state index in [4.69, 9.17) is 25.8 Å². The summed E-state index contributed by atoms with van der Waals surface area (Å²) in [5.74, 6) is -0.613. The largest absolute Gasteiger partial charge is 0.497 e. The van der Waals surface area contributed by atoms with Crippen LogP contribution in [0.2, 0.25) is 5.02 Å². The zero-order valence-electron chi connectivity index (χ0n) is 15.9. The highest BCUT2D eigenvalue weighted by atomic mass is 35.5. The van der Waals surface area contributed by atoms with Crippen LogP contribution >= 0.6 is 11.6 Å². The number of carbonyl (C=O) groups is 2. The Balaban J connectivity index is 1.96. The van der Waals surface area contributed by atoms with Crippen LogP contribution in [0.25, 0.3) is 6.08 Å². The molecule has 0 atom stereocenters. The molecule has 1 N–H and O–H groups in total. The van der Waals surface area contributed by atoms with Crippen LogP contribution in [0.1, 0.15) is 11.1 Å². The van der Waals surface area contributed by atoms with Crippen molar-refractivity contribution in [3.05, 3.63) is 58.6 Å². The second kappa shape index (κ2) is 10.0. The topological polar surface area (TPSA) is 73.9 Å². The number of ether oxygens (including phenoxy) is 3. The maximum atomic E-state index is 12.9. The smallest absolute Gasteiger partial charge is 0.417 e. The Kier molecular flexibility index (Phi) is 7.71. The lowest BCUT2D eigenvalue weighted by Gasteiger charge is -2.11. The Morgan fingerprint density at radius 2 is 1.83 bits per heavy atom. The number of nitrogens with one attached hydrogen (secondary N) is 1. The Bertz CT molecular complexity index is 960. The molecular formula is C20H17ClF3NO5. The second-order valence-electron chi connectivity index (χ2n) is 5.79. The lowest BCUT2D eigenvalue weighted by atomic mass is 10.1. The molecule has 0 saturated heterocycles.